The van der Waals surface area contributed by atoms with E-state index in [9.17, 15) is 4.79 Å². The first-order valence-corrected chi connectivity index (χ1v) is 4.13. The highest BCUT2D eigenvalue weighted by Gasteiger charge is 2.13. The zero-order valence-corrected chi connectivity index (χ0v) is 7.96. The number of nitrogens with zero attached hydrogens (tertiary/aromatic N) is 2. The molecule has 4 nitrogen and oxygen atoms in total. The number of carboxylic acid groups (broad SMARTS) is 1. The first-order chi connectivity index (χ1) is 6.06. The van der Waals surface area contributed by atoms with Gasteiger partial charge in [0.05, 0.1) is 0 Å². The first kappa shape index (κ1) is 9.64. The van der Waals surface area contributed by atoms with Gasteiger partial charge in [-0.3, -0.25) is 0 Å². The molecule has 1 N–H and O–H groups in total. The average molecular weight is 180 g/mol. The fraction of sp³-hybridized carbons (Fsp3) is 0.444. The molecule has 0 aliphatic carbocycles. The number of rotatable bonds is 2. The summed E-state index contributed by atoms with van der Waals surface area (Å²) >= 11 is 0. The Bertz CT molecular complexity index is 348. The van der Waals surface area contributed by atoms with Crippen LogP contribution in [0.3, 0.4) is 0 Å². The van der Waals surface area contributed by atoms with Crippen LogP contribution >= 0.6 is 0 Å². The zero-order valence-electron chi connectivity index (χ0n) is 7.96. The van der Waals surface area contributed by atoms with E-state index in [2.05, 4.69) is 9.97 Å². The molecule has 0 amide bonds. The van der Waals surface area contributed by atoms with Crippen LogP contribution in [-0.2, 0) is 6.42 Å². The van der Waals surface area contributed by atoms with Gasteiger partial charge in [-0.1, -0.05) is 6.92 Å². The summed E-state index contributed by atoms with van der Waals surface area (Å²) < 4.78 is 0. The van der Waals surface area contributed by atoms with Crippen molar-refractivity contribution in [1.29, 1.82) is 0 Å². The van der Waals surface area contributed by atoms with E-state index in [1.807, 2.05) is 6.92 Å². The second-order valence-electron chi connectivity index (χ2n) is 2.85. The van der Waals surface area contributed by atoms with Gasteiger partial charge in [0.2, 0.25) is 0 Å². The topological polar surface area (TPSA) is 63.1 Å². The van der Waals surface area contributed by atoms with Gasteiger partial charge in [-0.15, -0.1) is 0 Å². The number of aryl methyl sites for hydroxylation is 2. The Labute approximate surface area is 76.7 Å². The monoisotopic (exact) mass is 180 g/mol. The lowest BCUT2D eigenvalue weighted by atomic mass is 10.1. The standard InChI is InChI=1S/C9H12N2O2/c1-4-7-5(2)8(9(12)13)11-6(3)10-7/h4H2,1-3H3,(H,12,13). The van der Waals surface area contributed by atoms with Crippen LogP contribution in [0.15, 0.2) is 0 Å². The van der Waals surface area contributed by atoms with Crippen molar-refractivity contribution in [2.45, 2.75) is 27.2 Å². The second-order valence-corrected chi connectivity index (χ2v) is 2.85. The van der Waals surface area contributed by atoms with E-state index in [0.29, 0.717) is 11.4 Å². The van der Waals surface area contributed by atoms with Gasteiger partial charge in [-0.2, -0.15) is 0 Å². The molecule has 0 bridgehead atoms. The second kappa shape index (κ2) is 3.51. The molecule has 4 heteroatoms. The molecular formula is C9H12N2O2. The summed E-state index contributed by atoms with van der Waals surface area (Å²) in [4.78, 5) is 18.8. The van der Waals surface area contributed by atoms with Crippen LogP contribution in [0.5, 0.6) is 0 Å². The van der Waals surface area contributed by atoms with Crippen molar-refractivity contribution in [1.82, 2.24) is 9.97 Å². The zero-order chi connectivity index (χ0) is 10.0. The highest BCUT2D eigenvalue weighted by molar-refractivity contribution is 5.87. The van der Waals surface area contributed by atoms with E-state index in [1.54, 1.807) is 13.8 Å². The predicted molar refractivity (Wildman–Crippen MR) is 47.8 cm³/mol. The highest BCUT2D eigenvalue weighted by Crippen LogP contribution is 2.10. The first-order valence-electron chi connectivity index (χ1n) is 4.13. The maximum atomic E-state index is 10.8. The average Bonchev–Trinajstić information content (AvgIpc) is 2.08. The predicted octanol–water partition coefficient (Wildman–Crippen LogP) is 1.35. The molecule has 0 unspecified atom stereocenters. The van der Waals surface area contributed by atoms with Crippen LogP contribution < -0.4 is 0 Å². The summed E-state index contributed by atoms with van der Waals surface area (Å²) in [7, 11) is 0. The largest absolute Gasteiger partial charge is 0.477 e. The van der Waals surface area contributed by atoms with Crippen LogP contribution in [0, 0.1) is 13.8 Å². The maximum absolute atomic E-state index is 10.8. The molecule has 13 heavy (non-hydrogen) atoms. The minimum absolute atomic E-state index is 0.115. The van der Waals surface area contributed by atoms with Crippen molar-refractivity contribution in [2.75, 3.05) is 0 Å². The molecule has 0 aliphatic heterocycles. The third-order valence-corrected chi connectivity index (χ3v) is 1.90. The Morgan fingerprint density at radius 2 is 2.00 bits per heavy atom. The molecule has 70 valence electrons. The van der Waals surface area contributed by atoms with Crippen LogP contribution in [0.4, 0.5) is 0 Å². The van der Waals surface area contributed by atoms with E-state index in [1.165, 1.54) is 0 Å². The van der Waals surface area contributed by atoms with E-state index in [4.69, 9.17) is 5.11 Å². The number of hydrogen-bond donors (Lipinski definition) is 1. The van der Waals surface area contributed by atoms with Crippen molar-refractivity contribution in [3.05, 3.63) is 22.8 Å². The van der Waals surface area contributed by atoms with Gasteiger partial charge < -0.3 is 5.11 Å². The Morgan fingerprint density at radius 3 is 2.46 bits per heavy atom. The molecule has 0 fully saturated rings. The van der Waals surface area contributed by atoms with E-state index >= 15 is 0 Å². The number of carboxylic acids is 1. The molecule has 0 atom stereocenters. The van der Waals surface area contributed by atoms with E-state index in [-0.39, 0.29) is 5.69 Å². The normalized spacial score (nSPS) is 10.1. The molecule has 1 heterocycles. The summed E-state index contributed by atoms with van der Waals surface area (Å²) in [5.41, 5.74) is 1.59. The summed E-state index contributed by atoms with van der Waals surface area (Å²) in [5, 5.41) is 8.82. The van der Waals surface area contributed by atoms with Gasteiger partial charge >= 0.3 is 5.97 Å². The quantitative estimate of drug-likeness (QED) is 0.746. The SMILES string of the molecule is CCc1nc(C)nc(C(=O)O)c1C. The maximum Gasteiger partial charge on any atom is 0.354 e. The van der Waals surface area contributed by atoms with Gasteiger partial charge in [0.15, 0.2) is 5.69 Å². The van der Waals surface area contributed by atoms with Crippen LogP contribution in [-0.4, -0.2) is 21.0 Å². The van der Waals surface area contributed by atoms with Gasteiger partial charge in [-0.05, 0) is 20.3 Å². The lowest BCUT2D eigenvalue weighted by Crippen LogP contribution is -2.09. The molecule has 1 aromatic rings. The van der Waals surface area contributed by atoms with Crippen LogP contribution in [0.2, 0.25) is 0 Å². The van der Waals surface area contributed by atoms with Crippen molar-refractivity contribution >= 4 is 5.97 Å². The van der Waals surface area contributed by atoms with Crippen LogP contribution in [0.25, 0.3) is 0 Å². The fourth-order valence-electron chi connectivity index (χ4n) is 1.24. The molecule has 0 spiro atoms. The van der Waals surface area contributed by atoms with Gasteiger partial charge in [0.1, 0.15) is 5.82 Å². The smallest absolute Gasteiger partial charge is 0.354 e. The van der Waals surface area contributed by atoms with E-state index in [0.717, 1.165) is 12.1 Å². The molecule has 0 radical (unpaired) electrons. The number of aromatic carboxylic acids is 1. The van der Waals surface area contributed by atoms with Gasteiger partial charge in [-0.25, -0.2) is 14.8 Å². The van der Waals surface area contributed by atoms with Crippen LogP contribution in [0.1, 0.15) is 34.5 Å². The molecule has 0 aromatic carbocycles. The molecule has 1 rings (SSSR count). The Balaban J connectivity index is 3.35. The lowest BCUT2D eigenvalue weighted by molar-refractivity contribution is 0.0689. The third-order valence-electron chi connectivity index (χ3n) is 1.90. The summed E-state index contributed by atoms with van der Waals surface area (Å²) in [5.74, 6) is -0.474. The Kier molecular flexibility index (Phi) is 2.60. The summed E-state index contributed by atoms with van der Waals surface area (Å²) in [6.07, 6.45) is 0.732. The number of aromatic nitrogens is 2. The van der Waals surface area contributed by atoms with Gasteiger partial charge in [0, 0.05) is 11.3 Å². The van der Waals surface area contributed by atoms with Crippen molar-refractivity contribution < 1.29 is 9.90 Å². The Hall–Kier alpha value is -1.45. The number of carbonyl (C=O) groups is 1. The third kappa shape index (κ3) is 1.83. The fourth-order valence-corrected chi connectivity index (χ4v) is 1.24. The van der Waals surface area contributed by atoms with Crippen molar-refractivity contribution in [3.63, 3.8) is 0 Å². The highest BCUT2D eigenvalue weighted by atomic mass is 16.4. The molecule has 0 saturated heterocycles. The van der Waals surface area contributed by atoms with Crippen molar-refractivity contribution in [2.24, 2.45) is 0 Å². The minimum Gasteiger partial charge on any atom is -0.477 e. The summed E-state index contributed by atoms with van der Waals surface area (Å²) in [6, 6.07) is 0. The number of hydrogen-bond acceptors (Lipinski definition) is 3. The molecule has 0 aliphatic rings. The van der Waals surface area contributed by atoms with Gasteiger partial charge in [0.25, 0.3) is 0 Å². The Morgan fingerprint density at radius 1 is 1.38 bits per heavy atom. The van der Waals surface area contributed by atoms with E-state index < -0.39 is 5.97 Å². The molecule has 0 saturated carbocycles. The van der Waals surface area contributed by atoms with Crippen molar-refractivity contribution in [3.8, 4) is 0 Å². The summed E-state index contributed by atoms with van der Waals surface area (Å²) in [6.45, 7) is 5.38. The molecule has 1 aromatic heterocycles. The lowest BCUT2D eigenvalue weighted by Gasteiger charge is -2.05. The molecular weight excluding hydrogens is 168 g/mol. The minimum atomic E-state index is -0.988.